The predicted octanol–water partition coefficient (Wildman–Crippen LogP) is 1.76. The lowest BCUT2D eigenvalue weighted by Crippen LogP contribution is -2.32. The Bertz CT molecular complexity index is 266. The minimum absolute atomic E-state index is 0.947. The number of aryl methyl sites for hydroxylation is 1. The molecule has 1 aromatic rings. The fourth-order valence-electron chi connectivity index (χ4n) is 1.04. The van der Waals surface area contributed by atoms with Gasteiger partial charge in [-0.25, -0.2) is 4.57 Å². The molecule has 62 valence electrons. The second-order valence-corrected chi connectivity index (χ2v) is 2.82. The Morgan fingerprint density at radius 1 is 1.42 bits per heavy atom. The molecule has 1 heterocycles. The molecule has 12 heavy (non-hydrogen) atoms. The zero-order valence-corrected chi connectivity index (χ0v) is 7.46. The standard InChI is InChI=1S/C11H14N/c1-3-5-8-12-9-6-11(4-2)7-10-12/h2,6-7,9-10H,3,5,8H2,1H3/q+1. The van der Waals surface area contributed by atoms with Crippen molar-refractivity contribution >= 4 is 0 Å². The summed E-state index contributed by atoms with van der Waals surface area (Å²) in [5.74, 6) is 2.60. The number of terminal acetylenes is 1. The lowest BCUT2D eigenvalue weighted by atomic mass is 10.3. The summed E-state index contributed by atoms with van der Waals surface area (Å²) >= 11 is 0. The lowest BCUT2D eigenvalue weighted by molar-refractivity contribution is -0.697. The molecule has 0 fully saturated rings. The molecule has 0 aromatic carbocycles. The van der Waals surface area contributed by atoms with Gasteiger partial charge in [0.1, 0.15) is 6.54 Å². The summed E-state index contributed by atoms with van der Waals surface area (Å²) < 4.78 is 2.16. The Morgan fingerprint density at radius 3 is 2.58 bits per heavy atom. The molecule has 0 aliphatic heterocycles. The van der Waals surface area contributed by atoms with Gasteiger partial charge in [0, 0.05) is 24.1 Å². The van der Waals surface area contributed by atoms with Crippen molar-refractivity contribution in [3.05, 3.63) is 30.1 Å². The normalized spacial score (nSPS) is 9.33. The van der Waals surface area contributed by atoms with E-state index in [2.05, 4.69) is 17.4 Å². The van der Waals surface area contributed by atoms with Gasteiger partial charge >= 0.3 is 0 Å². The summed E-state index contributed by atoms with van der Waals surface area (Å²) in [5.41, 5.74) is 0.947. The highest BCUT2D eigenvalue weighted by Crippen LogP contribution is 1.92. The Morgan fingerprint density at radius 2 is 2.08 bits per heavy atom. The molecule has 1 aromatic heterocycles. The van der Waals surface area contributed by atoms with Crippen molar-refractivity contribution in [1.29, 1.82) is 0 Å². The van der Waals surface area contributed by atoms with Crippen LogP contribution in [0.2, 0.25) is 0 Å². The first-order chi connectivity index (χ1) is 5.86. The molecule has 0 N–H and O–H groups in total. The lowest BCUT2D eigenvalue weighted by Gasteiger charge is -1.93. The monoisotopic (exact) mass is 160 g/mol. The van der Waals surface area contributed by atoms with Gasteiger partial charge in [0.05, 0.1) is 0 Å². The van der Waals surface area contributed by atoms with Crippen molar-refractivity contribution in [1.82, 2.24) is 0 Å². The number of hydrogen-bond acceptors (Lipinski definition) is 0. The van der Waals surface area contributed by atoms with Gasteiger partial charge in [0.15, 0.2) is 12.4 Å². The summed E-state index contributed by atoms with van der Waals surface area (Å²) in [6.45, 7) is 3.28. The highest BCUT2D eigenvalue weighted by atomic mass is 14.9. The maximum Gasteiger partial charge on any atom is 0.170 e. The van der Waals surface area contributed by atoms with Crippen LogP contribution in [-0.2, 0) is 6.54 Å². The third-order valence-corrected chi connectivity index (χ3v) is 1.83. The molecular formula is C11H14N+. The van der Waals surface area contributed by atoms with Gasteiger partial charge in [-0.2, -0.15) is 0 Å². The van der Waals surface area contributed by atoms with Crippen molar-refractivity contribution in [3.8, 4) is 12.3 Å². The third-order valence-electron chi connectivity index (χ3n) is 1.83. The zero-order chi connectivity index (χ0) is 8.81. The van der Waals surface area contributed by atoms with E-state index in [1.54, 1.807) is 0 Å². The third kappa shape index (κ3) is 2.39. The Kier molecular flexibility index (Phi) is 3.35. The first-order valence-corrected chi connectivity index (χ1v) is 4.32. The fourth-order valence-corrected chi connectivity index (χ4v) is 1.04. The number of rotatable bonds is 3. The molecule has 0 radical (unpaired) electrons. The maximum absolute atomic E-state index is 5.24. The van der Waals surface area contributed by atoms with Crippen LogP contribution in [0.1, 0.15) is 25.3 Å². The molecule has 0 saturated carbocycles. The molecule has 0 unspecified atom stereocenters. The van der Waals surface area contributed by atoms with Crippen LogP contribution < -0.4 is 4.57 Å². The Hall–Kier alpha value is -1.29. The molecule has 1 nitrogen and oxygen atoms in total. The van der Waals surface area contributed by atoms with Crippen LogP contribution in [0.3, 0.4) is 0 Å². The molecule has 0 aliphatic carbocycles. The van der Waals surface area contributed by atoms with E-state index in [1.807, 2.05) is 24.5 Å². The smallest absolute Gasteiger partial charge is 0.170 e. The molecule has 0 bridgehead atoms. The first-order valence-electron chi connectivity index (χ1n) is 4.32. The van der Waals surface area contributed by atoms with Crippen molar-refractivity contribution in [2.45, 2.75) is 26.3 Å². The van der Waals surface area contributed by atoms with E-state index in [9.17, 15) is 0 Å². The van der Waals surface area contributed by atoms with Crippen molar-refractivity contribution in [2.24, 2.45) is 0 Å². The van der Waals surface area contributed by atoms with Crippen LogP contribution >= 0.6 is 0 Å². The fraction of sp³-hybridized carbons (Fsp3) is 0.364. The molecule has 0 atom stereocenters. The van der Waals surface area contributed by atoms with Crippen LogP contribution in [0.15, 0.2) is 24.5 Å². The minimum Gasteiger partial charge on any atom is -0.205 e. The minimum atomic E-state index is 0.947. The number of pyridine rings is 1. The van der Waals surface area contributed by atoms with E-state index in [-0.39, 0.29) is 0 Å². The number of hydrogen-bond donors (Lipinski definition) is 0. The van der Waals surface area contributed by atoms with Crippen molar-refractivity contribution < 1.29 is 4.57 Å². The molecule has 0 saturated heterocycles. The second-order valence-electron chi connectivity index (χ2n) is 2.82. The van der Waals surface area contributed by atoms with Gasteiger partial charge in [-0.15, -0.1) is 6.42 Å². The average Bonchev–Trinajstić information content (AvgIpc) is 2.15. The summed E-state index contributed by atoms with van der Waals surface area (Å²) in [6, 6.07) is 3.94. The van der Waals surface area contributed by atoms with Crippen LogP contribution in [0.4, 0.5) is 0 Å². The van der Waals surface area contributed by atoms with Crippen molar-refractivity contribution in [3.63, 3.8) is 0 Å². The van der Waals surface area contributed by atoms with Gasteiger partial charge in [0.2, 0.25) is 0 Å². The van der Waals surface area contributed by atoms with Gasteiger partial charge in [0.25, 0.3) is 0 Å². The van der Waals surface area contributed by atoms with Crippen LogP contribution in [0.5, 0.6) is 0 Å². The summed E-state index contributed by atoms with van der Waals surface area (Å²) in [5, 5.41) is 0. The summed E-state index contributed by atoms with van der Waals surface area (Å²) in [6.07, 6.45) is 11.8. The average molecular weight is 160 g/mol. The molecule has 0 spiro atoms. The molecule has 1 rings (SSSR count). The largest absolute Gasteiger partial charge is 0.205 e. The summed E-state index contributed by atoms with van der Waals surface area (Å²) in [7, 11) is 0. The SMILES string of the molecule is C#Cc1cc[n+](CCCC)cc1. The van der Waals surface area contributed by atoms with Gasteiger partial charge in [-0.1, -0.05) is 19.3 Å². The van der Waals surface area contributed by atoms with Gasteiger partial charge < -0.3 is 0 Å². The van der Waals surface area contributed by atoms with Crippen LogP contribution in [-0.4, -0.2) is 0 Å². The maximum atomic E-state index is 5.24. The molecule has 0 aliphatic rings. The highest BCUT2D eigenvalue weighted by molar-refractivity contribution is 5.27. The topological polar surface area (TPSA) is 3.88 Å². The van der Waals surface area contributed by atoms with Crippen molar-refractivity contribution in [2.75, 3.05) is 0 Å². The summed E-state index contributed by atoms with van der Waals surface area (Å²) in [4.78, 5) is 0. The quantitative estimate of drug-likeness (QED) is 0.468. The molecular weight excluding hydrogens is 146 g/mol. The predicted molar refractivity (Wildman–Crippen MR) is 49.5 cm³/mol. The molecule has 1 heteroatoms. The Labute approximate surface area is 74.0 Å². The first kappa shape index (κ1) is 8.80. The van der Waals surface area contributed by atoms with E-state index in [0.717, 1.165) is 12.1 Å². The molecule has 0 amide bonds. The van der Waals surface area contributed by atoms with Crippen LogP contribution in [0.25, 0.3) is 0 Å². The van der Waals surface area contributed by atoms with Gasteiger partial charge in [-0.3, -0.25) is 0 Å². The second kappa shape index (κ2) is 4.56. The van der Waals surface area contributed by atoms with E-state index in [4.69, 9.17) is 6.42 Å². The van der Waals surface area contributed by atoms with E-state index in [0.29, 0.717) is 0 Å². The van der Waals surface area contributed by atoms with E-state index < -0.39 is 0 Å². The van der Waals surface area contributed by atoms with E-state index in [1.165, 1.54) is 12.8 Å². The zero-order valence-electron chi connectivity index (χ0n) is 7.46. The number of unbranched alkanes of at least 4 members (excludes halogenated alkanes) is 1. The van der Waals surface area contributed by atoms with Crippen LogP contribution in [0, 0.1) is 12.3 Å². The highest BCUT2D eigenvalue weighted by Gasteiger charge is 1.97. The number of nitrogens with zero attached hydrogens (tertiary/aromatic N) is 1. The Balaban J connectivity index is 2.60. The van der Waals surface area contributed by atoms with E-state index >= 15 is 0 Å². The number of aromatic nitrogens is 1. The van der Waals surface area contributed by atoms with Gasteiger partial charge in [-0.05, 0) is 0 Å².